The summed E-state index contributed by atoms with van der Waals surface area (Å²) in [6.07, 6.45) is 5.20. The number of rotatable bonds is 3. The highest BCUT2D eigenvalue weighted by Crippen LogP contribution is 2.40. The first-order valence-corrected chi connectivity index (χ1v) is 6.71. The summed E-state index contributed by atoms with van der Waals surface area (Å²) in [6.45, 7) is 2.10. The van der Waals surface area contributed by atoms with E-state index in [-0.39, 0.29) is 5.25 Å². The van der Waals surface area contributed by atoms with E-state index < -0.39 is 0 Å². The second-order valence-corrected chi connectivity index (χ2v) is 6.29. The molecule has 2 N–H and O–H groups in total. The van der Waals surface area contributed by atoms with Crippen molar-refractivity contribution in [2.75, 3.05) is 5.73 Å². The Balaban J connectivity index is 2.14. The van der Waals surface area contributed by atoms with Crippen LogP contribution in [0.2, 0.25) is 5.02 Å². The van der Waals surface area contributed by atoms with Crippen LogP contribution in [-0.4, -0.2) is 9.97 Å². The number of hydrogen-bond acceptors (Lipinski definition) is 5. The van der Waals surface area contributed by atoms with Crippen molar-refractivity contribution in [2.45, 2.75) is 16.4 Å². The summed E-state index contributed by atoms with van der Waals surface area (Å²) in [6, 6.07) is 1.93. The first kappa shape index (κ1) is 11.7. The van der Waals surface area contributed by atoms with Crippen LogP contribution >= 0.6 is 34.7 Å². The van der Waals surface area contributed by atoms with Crippen LogP contribution in [0, 0.1) is 0 Å². The average Bonchev–Trinajstić information content (AvgIpc) is 2.64. The van der Waals surface area contributed by atoms with Gasteiger partial charge in [0.05, 0.1) is 15.4 Å². The van der Waals surface area contributed by atoms with Crippen molar-refractivity contribution in [1.82, 2.24) is 9.97 Å². The number of thioether (sulfide) groups is 1. The van der Waals surface area contributed by atoms with Gasteiger partial charge in [-0.25, -0.2) is 4.98 Å². The molecule has 0 bridgehead atoms. The fraction of sp³-hybridized carbons (Fsp3) is 0.200. The molecule has 2 heterocycles. The van der Waals surface area contributed by atoms with E-state index in [9.17, 15) is 0 Å². The average molecular weight is 272 g/mol. The Kier molecular flexibility index (Phi) is 3.68. The molecule has 1 atom stereocenters. The Morgan fingerprint density at radius 3 is 2.94 bits per heavy atom. The van der Waals surface area contributed by atoms with E-state index in [4.69, 9.17) is 17.3 Å². The molecule has 2 aromatic rings. The van der Waals surface area contributed by atoms with Crippen LogP contribution in [0.4, 0.5) is 5.13 Å². The molecular formula is C10H10ClN3S2. The highest BCUT2D eigenvalue weighted by atomic mass is 35.5. The highest BCUT2D eigenvalue weighted by Gasteiger charge is 2.12. The maximum atomic E-state index is 6.08. The molecule has 0 radical (unpaired) electrons. The van der Waals surface area contributed by atoms with Crippen molar-refractivity contribution in [1.29, 1.82) is 0 Å². The number of nitrogen functional groups attached to an aromatic ring is 1. The van der Waals surface area contributed by atoms with Gasteiger partial charge in [-0.05, 0) is 18.6 Å². The fourth-order valence-corrected chi connectivity index (χ4v) is 3.72. The van der Waals surface area contributed by atoms with Crippen LogP contribution in [-0.2, 0) is 0 Å². The summed E-state index contributed by atoms with van der Waals surface area (Å²) < 4.78 is 1.10. The number of aromatic nitrogens is 2. The molecule has 0 unspecified atom stereocenters. The summed E-state index contributed by atoms with van der Waals surface area (Å²) in [5, 5.41) is 1.55. The van der Waals surface area contributed by atoms with Crippen LogP contribution in [0.1, 0.15) is 17.7 Å². The van der Waals surface area contributed by atoms with Crippen molar-refractivity contribution in [3.05, 3.63) is 35.2 Å². The second kappa shape index (κ2) is 5.03. The molecule has 0 aliphatic rings. The fourth-order valence-electron chi connectivity index (χ4n) is 1.28. The highest BCUT2D eigenvalue weighted by molar-refractivity contribution is 8.01. The van der Waals surface area contributed by atoms with E-state index in [2.05, 4.69) is 16.9 Å². The van der Waals surface area contributed by atoms with Crippen LogP contribution in [0.5, 0.6) is 0 Å². The summed E-state index contributed by atoms with van der Waals surface area (Å²) in [4.78, 5) is 7.98. The molecule has 0 amide bonds. The maximum absolute atomic E-state index is 6.08. The van der Waals surface area contributed by atoms with Crippen LogP contribution in [0.15, 0.2) is 28.9 Å². The molecule has 84 valence electrons. The van der Waals surface area contributed by atoms with E-state index in [1.807, 2.05) is 6.07 Å². The Bertz CT molecular complexity index is 486. The third-order valence-electron chi connectivity index (χ3n) is 2.04. The summed E-state index contributed by atoms with van der Waals surface area (Å²) in [5.41, 5.74) is 6.66. The van der Waals surface area contributed by atoms with Gasteiger partial charge >= 0.3 is 0 Å². The van der Waals surface area contributed by atoms with Crippen LogP contribution in [0.3, 0.4) is 0 Å². The molecule has 16 heavy (non-hydrogen) atoms. The van der Waals surface area contributed by atoms with E-state index in [1.54, 1.807) is 30.4 Å². The van der Waals surface area contributed by atoms with Crippen molar-refractivity contribution < 1.29 is 0 Å². The molecule has 0 aromatic carbocycles. The monoisotopic (exact) mass is 271 g/mol. The Labute approximate surface area is 107 Å². The zero-order valence-corrected chi connectivity index (χ0v) is 10.9. The van der Waals surface area contributed by atoms with Crippen molar-refractivity contribution in [3.8, 4) is 0 Å². The number of halogens is 1. The van der Waals surface area contributed by atoms with Gasteiger partial charge in [-0.2, -0.15) is 0 Å². The lowest BCUT2D eigenvalue weighted by atomic mass is 10.2. The van der Waals surface area contributed by atoms with E-state index >= 15 is 0 Å². The molecule has 0 aliphatic heterocycles. The number of thiazole rings is 1. The number of anilines is 1. The Morgan fingerprint density at radius 2 is 2.31 bits per heavy atom. The summed E-state index contributed by atoms with van der Waals surface area (Å²) >= 11 is 9.26. The first-order valence-electron chi connectivity index (χ1n) is 4.64. The minimum absolute atomic E-state index is 0.260. The minimum Gasteiger partial charge on any atom is -0.375 e. The molecule has 6 heteroatoms. The quantitative estimate of drug-likeness (QED) is 0.866. The van der Waals surface area contributed by atoms with Crippen molar-refractivity contribution in [3.63, 3.8) is 0 Å². The van der Waals surface area contributed by atoms with Gasteiger partial charge in [-0.15, -0.1) is 11.8 Å². The predicted octanol–water partition coefficient (Wildman–Crippen LogP) is 3.63. The van der Waals surface area contributed by atoms with Crippen molar-refractivity contribution in [2.24, 2.45) is 0 Å². The van der Waals surface area contributed by atoms with Gasteiger partial charge in [0, 0.05) is 17.6 Å². The third kappa shape index (κ3) is 2.66. The molecule has 0 saturated carbocycles. The zero-order valence-electron chi connectivity index (χ0n) is 8.55. The van der Waals surface area contributed by atoms with E-state index in [0.29, 0.717) is 10.2 Å². The molecule has 2 rings (SSSR count). The maximum Gasteiger partial charge on any atom is 0.181 e. The van der Waals surface area contributed by atoms with Gasteiger partial charge in [0.15, 0.2) is 5.13 Å². The van der Waals surface area contributed by atoms with Crippen molar-refractivity contribution >= 4 is 39.8 Å². The van der Waals surface area contributed by atoms with Gasteiger partial charge in [0.1, 0.15) is 0 Å². The molecule has 3 nitrogen and oxygen atoms in total. The van der Waals surface area contributed by atoms with Gasteiger partial charge in [-0.3, -0.25) is 4.98 Å². The number of nitrogens with zero attached hydrogens (tertiary/aromatic N) is 2. The molecule has 2 aromatic heterocycles. The normalized spacial score (nSPS) is 12.6. The largest absolute Gasteiger partial charge is 0.375 e. The number of pyridine rings is 1. The van der Waals surface area contributed by atoms with Gasteiger partial charge in [-0.1, -0.05) is 22.9 Å². The first-order chi connectivity index (χ1) is 7.66. The lowest BCUT2D eigenvalue weighted by Gasteiger charge is -2.10. The smallest absolute Gasteiger partial charge is 0.181 e. The van der Waals surface area contributed by atoms with Crippen LogP contribution in [0.25, 0.3) is 0 Å². The number of nitrogens with two attached hydrogens (primary N) is 1. The molecule has 0 fully saturated rings. The van der Waals surface area contributed by atoms with E-state index in [0.717, 1.165) is 9.77 Å². The summed E-state index contributed by atoms with van der Waals surface area (Å²) in [7, 11) is 0. The lowest BCUT2D eigenvalue weighted by Crippen LogP contribution is -1.89. The van der Waals surface area contributed by atoms with Gasteiger partial charge in [0.2, 0.25) is 0 Å². The Hall–Kier alpha value is -0.780. The molecule has 0 saturated heterocycles. The predicted molar refractivity (Wildman–Crippen MR) is 70.0 cm³/mol. The van der Waals surface area contributed by atoms with Gasteiger partial charge in [0.25, 0.3) is 0 Å². The van der Waals surface area contributed by atoms with Gasteiger partial charge < -0.3 is 5.73 Å². The molecule has 0 spiro atoms. The lowest BCUT2D eigenvalue weighted by molar-refractivity contribution is 1.08. The zero-order chi connectivity index (χ0) is 11.5. The Morgan fingerprint density at radius 1 is 1.50 bits per heavy atom. The molecule has 0 aliphatic carbocycles. The SMILES string of the molecule is C[C@@H](Sc1cnc(N)s1)c1ccncc1Cl. The van der Waals surface area contributed by atoms with Crippen LogP contribution < -0.4 is 5.73 Å². The van der Waals surface area contributed by atoms with E-state index in [1.165, 1.54) is 11.3 Å². The second-order valence-electron chi connectivity index (χ2n) is 3.17. The number of hydrogen-bond donors (Lipinski definition) is 1. The topological polar surface area (TPSA) is 51.8 Å². The standard InChI is InChI=1S/C10H10ClN3S2/c1-6(7-2-3-13-4-8(7)11)15-9-5-14-10(12)16-9/h2-6H,1H3,(H2,12,14)/t6-/m1/s1. The third-order valence-corrected chi connectivity index (χ3v) is 4.46. The summed E-state index contributed by atoms with van der Waals surface area (Å²) in [5.74, 6) is 0. The minimum atomic E-state index is 0.260. The molecular weight excluding hydrogens is 262 g/mol.